The molecule has 0 bridgehead atoms. The van der Waals surface area contributed by atoms with Crippen LogP contribution in [0.1, 0.15) is 0 Å². The average Bonchev–Trinajstić information content (AvgIpc) is 3.71. The second-order valence-corrected chi connectivity index (χ2v) is 15.5. The lowest BCUT2D eigenvalue weighted by Gasteiger charge is -2.18. The number of aromatic nitrogens is 3. The van der Waals surface area contributed by atoms with E-state index in [-0.39, 0.29) is 5.69 Å². The standard InChI is InChI=1S/C56H35N3O/c60-56-58(44-20-2-1-3-21-44)52-35-41(30-31-49(52)55-57-50-26-10-11-27-51(50)59(55)56)39-17-12-16-38(32-39)40-18-13-19-42(34-40)53-45-22-6-8-24-47(45)54(48-25-9-7-23-46(48)53)43-29-28-36-14-4-5-15-37(36)33-43/h1-35H. The minimum Gasteiger partial charge on any atom is -0.262 e. The van der Waals surface area contributed by atoms with Gasteiger partial charge in [-0.3, -0.25) is 4.57 Å². The first kappa shape index (κ1) is 34.0. The van der Waals surface area contributed by atoms with Crippen molar-refractivity contribution in [3.8, 4) is 50.2 Å². The molecule has 0 saturated heterocycles. The zero-order valence-electron chi connectivity index (χ0n) is 32.5. The van der Waals surface area contributed by atoms with Crippen LogP contribution in [0.15, 0.2) is 217 Å². The molecule has 0 radical (unpaired) electrons. The largest absolute Gasteiger partial charge is 0.339 e. The van der Waals surface area contributed by atoms with Gasteiger partial charge in [-0.2, -0.15) is 0 Å². The molecular weight excluding hydrogens is 731 g/mol. The van der Waals surface area contributed by atoms with Gasteiger partial charge < -0.3 is 0 Å². The van der Waals surface area contributed by atoms with Gasteiger partial charge in [-0.05, 0) is 131 Å². The lowest BCUT2D eigenvalue weighted by Crippen LogP contribution is -2.25. The summed E-state index contributed by atoms with van der Waals surface area (Å²) in [7, 11) is 0. The summed E-state index contributed by atoms with van der Waals surface area (Å²) < 4.78 is 3.55. The highest BCUT2D eigenvalue weighted by Gasteiger charge is 2.19. The van der Waals surface area contributed by atoms with Crippen molar-refractivity contribution in [1.29, 1.82) is 0 Å². The summed E-state index contributed by atoms with van der Waals surface area (Å²) in [6.07, 6.45) is 0. The summed E-state index contributed by atoms with van der Waals surface area (Å²) in [5, 5.41) is 8.31. The summed E-state index contributed by atoms with van der Waals surface area (Å²) in [6.45, 7) is 0. The molecule has 60 heavy (non-hydrogen) atoms. The van der Waals surface area contributed by atoms with Crippen LogP contribution in [0.3, 0.4) is 0 Å². The maximum atomic E-state index is 14.4. The lowest BCUT2D eigenvalue weighted by atomic mass is 9.85. The predicted molar refractivity (Wildman–Crippen MR) is 250 cm³/mol. The highest BCUT2D eigenvalue weighted by Crippen LogP contribution is 2.45. The average molecular weight is 766 g/mol. The number of fused-ring (bicyclic) bond motifs is 8. The molecule has 0 unspecified atom stereocenters. The second kappa shape index (κ2) is 13.5. The molecule has 2 aromatic heterocycles. The van der Waals surface area contributed by atoms with Crippen molar-refractivity contribution >= 4 is 59.9 Å². The van der Waals surface area contributed by atoms with Crippen LogP contribution in [0, 0.1) is 0 Å². The van der Waals surface area contributed by atoms with Crippen molar-refractivity contribution in [3.05, 3.63) is 223 Å². The third kappa shape index (κ3) is 5.32. The van der Waals surface area contributed by atoms with E-state index >= 15 is 0 Å². The first-order valence-electron chi connectivity index (χ1n) is 20.3. The van der Waals surface area contributed by atoms with Crippen LogP contribution in [-0.2, 0) is 0 Å². The molecule has 0 N–H and O–H groups in total. The van der Waals surface area contributed by atoms with Gasteiger partial charge in [-0.1, -0.05) is 158 Å². The number of nitrogens with zero attached hydrogens (tertiary/aromatic N) is 3. The van der Waals surface area contributed by atoms with Crippen molar-refractivity contribution in [1.82, 2.24) is 14.0 Å². The van der Waals surface area contributed by atoms with Gasteiger partial charge in [0.2, 0.25) is 0 Å². The predicted octanol–water partition coefficient (Wildman–Crippen LogP) is 13.9. The topological polar surface area (TPSA) is 39.3 Å². The minimum atomic E-state index is -0.148. The van der Waals surface area contributed by atoms with Gasteiger partial charge in [-0.25, -0.2) is 14.2 Å². The molecule has 4 heteroatoms. The van der Waals surface area contributed by atoms with Crippen LogP contribution in [-0.4, -0.2) is 14.0 Å². The summed E-state index contributed by atoms with van der Waals surface area (Å²) in [5.41, 5.74) is 12.9. The Balaban J connectivity index is 1.01. The van der Waals surface area contributed by atoms with E-state index in [0.717, 1.165) is 49.9 Å². The van der Waals surface area contributed by atoms with Crippen LogP contribution < -0.4 is 5.69 Å². The van der Waals surface area contributed by atoms with Gasteiger partial charge in [0.25, 0.3) is 0 Å². The fourth-order valence-corrected chi connectivity index (χ4v) is 9.34. The maximum absolute atomic E-state index is 14.4. The zero-order valence-corrected chi connectivity index (χ0v) is 32.5. The molecule has 4 nitrogen and oxygen atoms in total. The molecule has 2 heterocycles. The highest BCUT2D eigenvalue weighted by atomic mass is 16.1. The number of benzene rings is 10. The highest BCUT2D eigenvalue weighted by molar-refractivity contribution is 6.22. The minimum absolute atomic E-state index is 0.148. The van der Waals surface area contributed by atoms with E-state index in [9.17, 15) is 4.79 Å². The van der Waals surface area contributed by atoms with Gasteiger partial charge in [0.1, 0.15) is 0 Å². The van der Waals surface area contributed by atoms with E-state index in [1.807, 2.05) is 59.2 Å². The smallest absolute Gasteiger partial charge is 0.262 e. The second-order valence-electron chi connectivity index (χ2n) is 15.5. The molecular formula is C56H35N3O. The normalized spacial score (nSPS) is 11.7. The molecule has 0 aliphatic rings. The Labute approximate surface area is 345 Å². The number of para-hydroxylation sites is 3. The Morgan fingerprint density at radius 1 is 0.350 bits per heavy atom. The number of imidazole rings is 1. The lowest BCUT2D eigenvalue weighted by molar-refractivity contribution is 0.932. The maximum Gasteiger partial charge on any atom is 0.339 e. The Bertz CT molecular complexity index is 3690. The quantitative estimate of drug-likeness (QED) is 0.164. The van der Waals surface area contributed by atoms with Gasteiger partial charge in [0.05, 0.1) is 22.2 Å². The summed E-state index contributed by atoms with van der Waals surface area (Å²) in [6, 6.07) is 74.8. The molecule has 0 amide bonds. The fraction of sp³-hybridized carbons (Fsp3) is 0. The molecule has 0 aliphatic heterocycles. The van der Waals surface area contributed by atoms with E-state index < -0.39 is 0 Å². The first-order valence-corrected chi connectivity index (χ1v) is 20.3. The summed E-state index contributed by atoms with van der Waals surface area (Å²) in [5.74, 6) is 0. The summed E-state index contributed by atoms with van der Waals surface area (Å²) >= 11 is 0. The van der Waals surface area contributed by atoms with Gasteiger partial charge >= 0.3 is 5.69 Å². The molecule has 0 fully saturated rings. The zero-order chi connectivity index (χ0) is 39.7. The third-order valence-corrected chi connectivity index (χ3v) is 12.1. The molecule has 12 aromatic rings. The molecule has 0 atom stereocenters. The Morgan fingerprint density at radius 3 is 1.55 bits per heavy atom. The third-order valence-electron chi connectivity index (χ3n) is 12.1. The van der Waals surface area contributed by atoms with Crippen LogP contribution in [0.25, 0.3) is 110 Å². The Kier molecular flexibility index (Phi) is 7.66. The number of hydrogen-bond donors (Lipinski definition) is 0. The van der Waals surface area contributed by atoms with E-state index in [0.29, 0.717) is 5.65 Å². The van der Waals surface area contributed by atoms with E-state index in [1.54, 1.807) is 4.40 Å². The molecule has 0 saturated carbocycles. The van der Waals surface area contributed by atoms with Gasteiger partial charge in [0, 0.05) is 5.39 Å². The van der Waals surface area contributed by atoms with Crippen molar-refractivity contribution in [2.45, 2.75) is 0 Å². The molecule has 12 rings (SSSR count). The van der Waals surface area contributed by atoms with E-state index in [2.05, 4.69) is 158 Å². The molecule has 10 aromatic carbocycles. The van der Waals surface area contributed by atoms with Crippen molar-refractivity contribution in [2.75, 3.05) is 0 Å². The SMILES string of the molecule is O=c1n(-c2ccccc2)c2cc(-c3cccc(-c4cccc(-c5c6ccccc6c(-c6ccc7ccccc7c6)c6ccccc56)c4)c3)ccc2c2nc3ccccc3n12. The molecule has 0 aliphatic carbocycles. The van der Waals surface area contributed by atoms with Crippen molar-refractivity contribution in [2.24, 2.45) is 0 Å². The van der Waals surface area contributed by atoms with E-state index in [1.165, 1.54) is 54.6 Å². The molecule has 0 spiro atoms. The van der Waals surface area contributed by atoms with Gasteiger partial charge in [0.15, 0.2) is 5.65 Å². The van der Waals surface area contributed by atoms with Gasteiger partial charge in [-0.15, -0.1) is 0 Å². The number of rotatable bonds is 5. The van der Waals surface area contributed by atoms with E-state index in [4.69, 9.17) is 4.98 Å². The number of hydrogen-bond acceptors (Lipinski definition) is 2. The van der Waals surface area contributed by atoms with Crippen LogP contribution in [0.4, 0.5) is 0 Å². The van der Waals surface area contributed by atoms with Crippen LogP contribution in [0.5, 0.6) is 0 Å². The van der Waals surface area contributed by atoms with Crippen LogP contribution >= 0.6 is 0 Å². The Morgan fingerprint density at radius 2 is 0.867 bits per heavy atom. The summed E-state index contributed by atoms with van der Waals surface area (Å²) in [4.78, 5) is 19.4. The Hall–Kier alpha value is -8.08. The fourth-order valence-electron chi connectivity index (χ4n) is 9.34. The van der Waals surface area contributed by atoms with Crippen molar-refractivity contribution < 1.29 is 0 Å². The van der Waals surface area contributed by atoms with Crippen molar-refractivity contribution in [3.63, 3.8) is 0 Å². The van der Waals surface area contributed by atoms with Crippen LogP contribution in [0.2, 0.25) is 0 Å². The first-order chi connectivity index (χ1) is 29.7. The molecule has 280 valence electrons. The monoisotopic (exact) mass is 765 g/mol.